The lowest BCUT2D eigenvalue weighted by molar-refractivity contribution is -0.123. The van der Waals surface area contributed by atoms with Crippen molar-refractivity contribution in [2.45, 2.75) is 19.1 Å². The number of anilines is 1. The molecule has 0 aromatic heterocycles. The number of hydrogen-bond acceptors (Lipinski definition) is 3. The van der Waals surface area contributed by atoms with Crippen LogP contribution >= 0.6 is 12.4 Å². The second-order valence-electron chi connectivity index (χ2n) is 6.09. The minimum absolute atomic E-state index is 0. The Balaban J connectivity index is 0.00000392. The van der Waals surface area contributed by atoms with E-state index in [0.717, 1.165) is 5.56 Å². The molecule has 0 heterocycles. The summed E-state index contributed by atoms with van der Waals surface area (Å²) in [5.41, 5.74) is 7.43. The Morgan fingerprint density at radius 1 is 1.04 bits per heavy atom. The summed E-state index contributed by atoms with van der Waals surface area (Å²) in [6, 6.07) is 14.3. The zero-order valence-corrected chi connectivity index (χ0v) is 15.8. The predicted molar refractivity (Wildman–Crippen MR) is 103 cm³/mol. The van der Waals surface area contributed by atoms with E-state index in [2.05, 4.69) is 5.32 Å². The van der Waals surface area contributed by atoms with Gasteiger partial charge in [0.2, 0.25) is 5.91 Å². The lowest BCUT2D eigenvalue weighted by Crippen LogP contribution is -2.33. The van der Waals surface area contributed by atoms with Gasteiger partial charge in [-0.25, -0.2) is 0 Å². The molecule has 4 N–H and O–H groups in total. The molecule has 0 radical (unpaired) electrons. The van der Waals surface area contributed by atoms with Crippen LogP contribution in [0.4, 0.5) is 18.9 Å². The van der Waals surface area contributed by atoms with Gasteiger partial charge in [0, 0.05) is 17.3 Å². The smallest absolute Gasteiger partial charge is 0.343 e. The normalized spacial score (nSPS) is 13.0. The SMILES string of the molecule is CC(C(=O)Nc1ccc(C(=O)NCC(F)(F)F)cc1)C(N)c1ccccc1.Cl. The summed E-state index contributed by atoms with van der Waals surface area (Å²) in [6.45, 7) is 0.297. The first-order valence-electron chi connectivity index (χ1n) is 8.24. The molecule has 0 aliphatic heterocycles. The minimum atomic E-state index is -4.47. The number of halogens is 4. The average molecular weight is 416 g/mol. The van der Waals surface area contributed by atoms with Crippen molar-refractivity contribution in [1.82, 2.24) is 5.32 Å². The van der Waals surface area contributed by atoms with Crippen molar-refractivity contribution >= 4 is 29.9 Å². The number of nitrogens with two attached hydrogens (primary N) is 1. The van der Waals surface area contributed by atoms with Crippen molar-refractivity contribution in [3.8, 4) is 0 Å². The molecule has 0 bridgehead atoms. The van der Waals surface area contributed by atoms with Crippen molar-refractivity contribution in [3.05, 3.63) is 65.7 Å². The van der Waals surface area contributed by atoms with Crippen LogP contribution in [0.25, 0.3) is 0 Å². The van der Waals surface area contributed by atoms with E-state index in [1.54, 1.807) is 12.2 Å². The quantitative estimate of drug-likeness (QED) is 0.673. The Morgan fingerprint density at radius 2 is 1.61 bits per heavy atom. The molecule has 152 valence electrons. The summed E-state index contributed by atoms with van der Waals surface area (Å²) in [7, 11) is 0. The van der Waals surface area contributed by atoms with E-state index in [9.17, 15) is 22.8 Å². The van der Waals surface area contributed by atoms with E-state index in [-0.39, 0.29) is 23.9 Å². The molecular weight excluding hydrogens is 395 g/mol. The van der Waals surface area contributed by atoms with Crippen LogP contribution < -0.4 is 16.4 Å². The van der Waals surface area contributed by atoms with E-state index in [0.29, 0.717) is 5.69 Å². The number of nitrogens with one attached hydrogen (secondary N) is 2. The molecule has 0 aliphatic rings. The van der Waals surface area contributed by atoms with E-state index >= 15 is 0 Å². The second-order valence-corrected chi connectivity index (χ2v) is 6.09. The minimum Gasteiger partial charge on any atom is -0.343 e. The van der Waals surface area contributed by atoms with Gasteiger partial charge in [0.25, 0.3) is 5.91 Å². The monoisotopic (exact) mass is 415 g/mol. The van der Waals surface area contributed by atoms with Crippen LogP contribution in [-0.2, 0) is 4.79 Å². The summed E-state index contributed by atoms with van der Waals surface area (Å²) in [5.74, 6) is -1.66. The fraction of sp³-hybridized carbons (Fsp3) is 0.263. The highest BCUT2D eigenvalue weighted by Crippen LogP contribution is 2.21. The maximum absolute atomic E-state index is 12.4. The molecular formula is C19H21ClF3N3O2. The van der Waals surface area contributed by atoms with Crippen molar-refractivity contribution in [1.29, 1.82) is 0 Å². The van der Waals surface area contributed by atoms with E-state index in [1.807, 2.05) is 30.3 Å². The molecule has 2 aromatic carbocycles. The molecule has 0 saturated carbocycles. The molecule has 0 saturated heterocycles. The van der Waals surface area contributed by atoms with Crippen LogP contribution in [0.1, 0.15) is 28.9 Å². The summed E-state index contributed by atoms with van der Waals surface area (Å²) in [5, 5.41) is 4.47. The number of carbonyl (C=O) groups is 2. The third kappa shape index (κ3) is 6.86. The van der Waals surface area contributed by atoms with Crippen molar-refractivity contribution < 1.29 is 22.8 Å². The Hall–Kier alpha value is -2.58. The fourth-order valence-corrected chi connectivity index (χ4v) is 2.37. The standard InChI is InChI=1S/C19H20F3N3O2.ClH/c1-12(16(23)13-5-3-2-4-6-13)17(26)25-15-9-7-14(8-10-15)18(27)24-11-19(20,21)22;/h2-10,12,16H,11,23H2,1H3,(H,24,27)(H,25,26);1H. The number of hydrogen-bond donors (Lipinski definition) is 3. The lowest BCUT2D eigenvalue weighted by Gasteiger charge is -2.20. The zero-order chi connectivity index (χ0) is 20.0. The maximum Gasteiger partial charge on any atom is 0.405 e. The van der Waals surface area contributed by atoms with Crippen molar-refractivity contribution in [2.24, 2.45) is 11.7 Å². The van der Waals surface area contributed by atoms with Gasteiger partial charge in [-0.05, 0) is 29.8 Å². The lowest BCUT2D eigenvalue weighted by atomic mass is 9.94. The maximum atomic E-state index is 12.4. The van der Waals surface area contributed by atoms with Gasteiger partial charge >= 0.3 is 6.18 Å². The first kappa shape index (κ1) is 23.5. The Labute approximate surface area is 166 Å². The third-order valence-corrected chi connectivity index (χ3v) is 4.00. The van der Waals surface area contributed by atoms with Crippen molar-refractivity contribution in [2.75, 3.05) is 11.9 Å². The van der Waals surface area contributed by atoms with E-state index in [4.69, 9.17) is 5.73 Å². The van der Waals surface area contributed by atoms with Crippen LogP contribution in [0.15, 0.2) is 54.6 Å². The number of carbonyl (C=O) groups excluding carboxylic acids is 2. The van der Waals surface area contributed by atoms with E-state index in [1.165, 1.54) is 24.3 Å². The van der Waals surface area contributed by atoms with Crippen LogP contribution in [0.5, 0.6) is 0 Å². The summed E-state index contributed by atoms with van der Waals surface area (Å²) in [6.07, 6.45) is -4.47. The van der Waals surface area contributed by atoms with Crippen LogP contribution in [-0.4, -0.2) is 24.5 Å². The van der Waals surface area contributed by atoms with Gasteiger partial charge in [-0.15, -0.1) is 12.4 Å². The Morgan fingerprint density at radius 3 is 2.14 bits per heavy atom. The highest BCUT2D eigenvalue weighted by molar-refractivity contribution is 5.96. The van der Waals surface area contributed by atoms with Gasteiger partial charge in [-0.3, -0.25) is 9.59 Å². The first-order valence-corrected chi connectivity index (χ1v) is 8.24. The fourth-order valence-electron chi connectivity index (χ4n) is 2.37. The summed E-state index contributed by atoms with van der Waals surface area (Å²) in [4.78, 5) is 24.0. The molecule has 2 aromatic rings. The van der Waals surface area contributed by atoms with E-state index < -0.39 is 30.6 Å². The van der Waals surface area contributed by atoms with Gasteiger partial charge in [-0.1, -0.05) is 37.3 Å². The molecule has 2 rings (SSSR count). The van der Waals surface area contributed by atoms with Crippen LogP contribution in [0.2, 0.25) is 0 Å². The molecule has 2 amide bonds. The number of rotatable bonds is 6. The third-order valence-electron chi connectivity index (χ3n) is 4.00. The Kier molecular flexibility index (Phi) is 8.46. The topological polar surface area (TPSA) is 84.2 Å². The zero-order valence-electron chi connectivity index (χ0n) is 15.0. The summed E-state index contributed by atoms with van der Waals surface area (Å²) < 4.78 is 36.4. The summed E-state index contributed by atoms with van der Waals surface area (Å²) >= 11 is 0. The average Bonchev–Trinajstić information content (AvgIpc) is 2.65. The molecule has 2 unspecified atom stereocenters. The predicted octanol–water partition coefficient (Wildman–Crippen LogP) is 3.68. The van der Waals surface area contributed by atoms with Crippen LogP contribution in [0, 0.1) is 5.92 Å². The van der Waals surface area contributed by atoms with Crippen molar-refractivity contribution in [3.63, 3.8) is 0 Å². The molecule has 0 aliphatic carbocycles. The van der Waals surface area contributed by atoms with Gasteiger partial charge in [-0.2, -0.15) is 13.2 Å². The van der Waals surface area contributed by atoms with Crippen LogP contribution in [0.3, 0.4) is 0 Å². The number of benzene rings is 2. The molecule has 0 spiro atoms. The number of alkyl halides is 3. The van der Waals surface area contributed by atoms with Gasteiger partial charge in [0.05, 0.1) is 5.92 Å². The largest absolute Gasteiger partial charge is 0.405 e. The highest BCUT2D eigenvalue weighted by Gasteiger charge is 2.28. The highest BCUT2D eigenvalue weighted by atomic mass is 35.5. The first-order chi connectivity index (χ1) is 12.7. The van der Waals surface area contributed by atoms with Gasteiger partial charge in [0.1, 0.15) is 6.54 Å². The number of amides is 2. The molecule has 0 fully saturated rings. The van der Waals surface area contributed by atoms with Gasteiger partial charge in [0.15, 0.2) is 0 Å². The molecule has 28 heavy (non-hydrogen) atoms. The van der Waals surface area contributed by atoms with Gasteiger partial charge < -0.3 is 16.4 Å². The Bertz CT molecular complexity index is 783. The molecule has 9 heteroatoms. The second kappa shape index (κ2) is 10.1. The molecule has 5 nitrogen and oxygen atoms in total. The molecule has 2 atom stereocenters.